The molecule has 2 aromatic rings. The molecule has 4 heterocycles. The highest BCUT2D eigenvalue weighted by molar-refractivity contribution is 5.94. The van der Waals surface area contributed by atoms with Crippen molar-refractivity contribution in [2.24, 2.45) is 0 Å². The molecule has 2 aliphatic heterocycles. The zero-order chi connectivity index (χ0) is 19.1. The summed E-state index contributed by atoms with van der Waals surface area (Å²) in [5, 5.41) is 8.94. The van der Waals surface area contributed by atoms with Crippen LogP contribution in [-0.2, 0) is 24.1 Å². The second-order valence-corrected chi connectivity index (χ2v) is 8.30. The van der Waals surface area contributed by atoms with Gasteiger partial charge in [0.05, 0.1) is 18.2 Å². The number of ether oxygens (including phenoxy) is 1. The van der Waals surface area contributed by atoms with Gasteiger partial charge in [-0.2, -0.15) is 0 Å². The highest BCUT2D eigenvalue weighted by Crippen LogP contribution is 2.31. The smallest absolute Gasteiger partial charge is 0.255 e. The van der Waals surface area contributed by atoms with E-state index in [1.54, 1.807) is 6.20 Å². The van der Waals surface area contributed by atoms with Crippen LogP contribution in [0.15, 0.2) is 12.3 Å². The molecular formula is C21H27N5O2. The van der Waals surface area contributed by atoms with E-state index in [9.17, 15) is 4.79 Å². The number of aromatic nitrogens is 4. The molecule has 28 heavy (non-hydrogen) atoms. The highest BCUT2D eigenvalue weighted by Gasteiger charge is 2.32. The van der Waals surface area contributed by atoms with Gasteiger partial charge in [0.2, 0.25) is 0 Å². The van der Waals surface area contributed by atoms with Crippen molar-refractivity contribution in [2.75, 3.05) is 19.8 Å². The lowest BCUT2D eigenvalue weighted by molar-refractivity contribution is 0.0668. The average molecular weight is 381 g/mol. The Bertz CT molecular complexity index is 887. The Morgan fingerprint density at radius 1 is 1.18 bits per heavy atom. The van der Waals surface area contributed by atoms with Crippen LogP contribution in [0.4, 0.5) is 0 Å². The molecule has 7 nitrogen and oxygen atoms in total. The zero-order valence-corrected chi connectivity index (χ0v) is 16.4. The zero-order valence-electron chi connectivity index (χ0n) is 16.4. The molecule has 0 aromatic carbocycles. The van der Waals surface area contributed by atoms with Crippen LogP contribution in [0.1, 0.15) is 77.8 Å². The minimum Gasteiger partial charge on any atom is -0.381 e. The molecule has 0 radical (unpaired) electrons. The Labute approximate surface area is 165 Å². The van der Waals surface area contributed by atoms with E-state index in [0.717, 1.165) is 56.2 Å². The SMILES string of the molecule is C[C@H]1CN(C(=O)c2cnc3c(c2)CCCC3)Cc2nnc(C3CCOCC3)n21. The summed E-state index contributed by atoms with van der Waals surface area (Å²) >= 11 is 0. The number of hydrogen-bond acceptors (Lipinski definition) is 5. The summed E-state index contributed by atoms with van der Waals surface area (Å²) in [5.74, 6) is 2.41. The van der Waals surface area contributed by atoms with Crippen LogP contribution in [0.3, 0.4) is 0 Å². The van der Waals surface area contributed by atoms with Crippen LogP contribution in [0.25, 0.3) is 0 Å². The number of amides is 1. The van der Waals surface area contributed by atoms with Crippen molar-refractivity contribution in [1.29, 1.82) is 0 Å². The van der Waals surface area contributed by atoms with Gasteiger partial charge in [-0.25, -0.2) is 0 Å². The number of nitrogens with zero attached hydrogens (tertiary/aromatic N) is 5. The fourth-order valence-electron chi connectivity index (χ4n) is 4.84. The molecule has 1 saturated heterocycles. The molecule has 0 spiro atoms. The van der Waals surface area contributed by atoms with Gasteiger partial charge in [-0.1, -0.05) is 0 Å². The van der Waals surface area contributed by atoms with Crippen LogP contribution >= 0.6 is 0 Å². The van der Waals surface area contributed by atoms with Crippen molar-refractivity contribution in [3.63, 3.8) is 0 Å². The van der Waals surface area contributed by atoms with Gasteiger partial charge in [0.1, 0.15) is 5.82 Å². The lowest BCUT2D eigenvalue weighted by Gasteiger charge is -2.34. The molecule has 3 aliphatic rings. The van der Waals surface area contributed by atoms with E-state index in [2.05, 4.69) is 32.7 Å². The predicted molar refractivity (Wildman–Crippen MR) is 103 cm³/mol. The first-order valence-corrected chi connectivity index (χ1v) is 10.5. The summed E-state index contributed by atoms with van der Waals surface area (Å²) in [7, 11) is 0. The molecule has 7 heteroatoms. The van der Waals surface area contributed by atoms with Gasteiger partial charge >= 0.3 is 0 Å². The molecule has 148 valence electrons. The van der Waals surface area contributed by atoms with Crippen molar-refractivity contribution in [2.45, 2.75) is 64.0 Å². The third-order valence-electron chi connectivity index (χ3n) is 6.34. The van der Waals surface area contributed by atoms with Gasteiger partial charge in [-0.3, -0.25) is 9.78 Å². The van der Waals surface area contributed by atoms with Crippen LogP contribution in [-0.4, -0.2) is 50.3 Å². The Morgan fingerprint density at radius 3 is 2.86 bits per heavy atom. The molecule has 1 fully saturated rings. The van der Waals surface area contributed by atoms with Crippen LogP contribution < -0.4 is 0 Å². The fraction of sp³-hybridized carbons (Fsp3) is 0.619. The van der Waals surface area contributed by atoms with E-state index in [4.69, 9.17) is 4.74 Å². The average Bonchev–Trinajstić information content (AvgIpc) is 3.18. The summed E-state index contributed by atoms with van der Waals surface area (Å²) in [6, 6.07) is 2.23. The number of hydrogen-bond donors (Lipinski definition) is 0. The topological polar surface area (TPSA) is 73.1 Å². The normalized spacial score (nSPS) is 22.6. The fourth-order valence-corrected chi connectivity index (χ4v) is 4.84. The van der Waals surface area contributed by atoms with Crippen LogP contribution in [0.2, 0.25) is 0 Å². The lowest BCUT2D eigenvalue weighted by Crippen LogP contribution is -2.41. The summed E-state index contributed by atoms with van der Waals surface area (Å²) in [6.07, 6.45) is 8.19. The van der Waals surface area contributed by atoms with E-state index in [1.807, 2.05) is 4.90 Å². The Kier molecular flexibility index (Phi) is 4.62. The summed E-state index contributed by atoms with van der Waals surface area (Å²) in [6.45, 7) is 4.92. The third kappa shape index (κ3) is 3.11. The first kappa shape index (κ1) is 17.8. The van der Waals surface area contributed by atoms with E-state index >= 15 is 0 Å². The molecular weight excluding hydrogens is 354 g/mol. The molecule has 0 N–H and O–H groups in total. The second kappa shape index (κ2) is 7.28. The van der Waals surface area contributed by atoms with Gasteiger partial charge < -0.3 is 14.2 Å². The quantitative estimate of drug-likeness (QED) is 0.800. The molecule has 0 saturated carbocycles. The van der Waals surface area contributed by atoms with Crippen molar-refractivity contribution >= 4 is 5.91 Å². The largest absolute Gasteiger partial charge is 0.381 e. The Balaban J connectivity index is 1.37. The Morgan fingerprint density at radius 2 is 2.00 bits per heavy atom. The van der Waals surface area contributed by atoms with Gasteiger partial charge in [0, 0.05) is 37.6 Å². The minimum absolute atomic E-state index is 0.0505. The minimum atomic E-state index is 0.0505. The van der Waals surface area contributed by atoms with Crippen LogP contribution in [0, 0.1) is 0 Å². The van der Waals surface area contributed by atoms with Gasteiger partial charge in [-0.05, 0) is 57.1 Å². The third-order valence-corrected chi connectivity index (χ3v) is 6.34. The number of carbonyl (C=O) groups excluding carboxylic acids is 1. The standard InChI is InChI=1S/C21H27N5O2/c1-14-12-25(21(27)17-10-16-4-2-3-5-18(16)22-11-17)13-19-23-24-20(26(14)19)15-6-8-28-9-7-15/h10-11,14-15H,2-9,12-13H2,1H3/t14-/m0/s1. The summed E-state index contributed by atoms with van der Waals surface area (Å²) in [5.41, 5.74) is 3.10. The van der Waals surface area contributed by atoms with E-state index in [0.29, 0.717) is 24.6 Å². The lowest BCUT2D eigenvalue weighted by atomic mass is 9.95. The van der Waals surface area contributed by atoms with E-state index < -0.39 is 0 Å². The van der Waals surface area contributed by atoms with Gasteiger partial charge in [0.15, 0.2) is 5.82 Å². The second-order valence-electron chi connectivity index (χ2n) is 8.30. The highest BCUT2D eigenvalue weighted by atomic mass is 16.5. The number of rotatable bonds is 2. The number of carbonyl (C=O) groups is 1. The molecule has 1 amide bonds. The molecule has 2 aromatic heterocycles. The van der Waals surface area contributed by atoms with Crippen molar-refractivity contribution in [3.05, 3.63) is 40.7 Å². The maximum atomic E-state index is 13.2. The maximum absolute atomic E-state index is 13.2. The van der Waals surface area contributed by atoms with Crippen LogP contribution in [0.5, 0.6) is 0 Å². The van der Waals surface area contributed by atoms with Crippen molar-refractivity contribution < 1.29 is 9.53 Å². The summed E-state index contributed by atoms with van der Waals surface area (Å²) < 4.78 is 7.74. The molecule has 0 unspecified atom stereocenters. The number of aryl methyl sites for hydroxylation is 2. The monoisotopic (exact) mass is 381 g/mol. The number of pyridine rings is 1. The van der Waals surface area contributed by atoms with Crippen molar-refractivity contribution in [1.82, 2.24) is 24.6 Å². The molecule has 0 bridgehead atoms. The molecule has 1 atom stereocenters. The first-order chi connectivity index (χ1) is 13.7. The first-order valence-electron chi connectivity index (χ1n) is 10.5. The maximum Gasteiger partial charge on any atom is 0.255 e. The van der Waals surface area contributed by atoms with Gasteiger partial charge in [-0.15, -0.1) is 10.2 Å². The van der Waals surface area contributed by atoms with Crippen molar-refractivity contribution in [3.8, 4) is 0 Å². The van der Waals surface area contributed by atoms with E-state index in [1.165, 1.54) is 18.4 Å². The summed E-state index contributed by atoms with van der Waals surface area (Å²) in [4.78, 5) is 19.6. The van der Waals surface area contributed by atoms with Gasteiger partial charge in [0.25, 0.3) is 5.91 Å². The number of fused-ring (bicyclic) bond motifs is 2. The van der Waals surface area contributed by atoms with E-state index in [-0.39, 0.29) is 11.9 Å². The molecule has 1 aliphatic carbocycles. The molecule has 5 rings (SSSR count). The Hall–Kier alpha value is -2.28. The predicted octanol–water partition coefficient (Wildman–Crippen LogP) is 2.66.